The van der Waals surface area contributed by atoms with Crippen molar-refractivity contribution in [3.05, 3.63) is 42.0 Å². The Hall–Kier alpha value is -3.42. The summed E-state index contributed by atoms with van der Waals surface area (Å²) in [5, 5.41) is 21.3. The predicted molar refractivity (Wildman–Crippen MR) is 121 cm³/mol. The number of aliphatic imine (C=N–C) groups is 2. The van der Waals surface area contributed by atoms with Gasteiger partial charge in [-0.3, -0.25) is 0 Å². The molecule has 3 rings (SSSR count). The number of rotatable bonds is 9. The average molecular weight is 428 g/mol. The highest BCUT2D eigenvalue weighted by Gasteiger charge is 2.28. The van der Waals surface area contributed by atoms with E-state index < -0.39 is 6.17 Å². The fraction of sp³-hybridized carbons (Fsp3) is 0.391. The van der Waals surface area contributed by atoms with Gasteiger partial charge in [0.15, 0.2) is 6.17 Å². The van der Waals surface area contributed by atoms with Gasteiger partial charge in [-0.05, 0) is 44.5 Å². The summed E-state index contributed by atoms with van der Waals surface area (Å²) >= 11 is 0. The van der Waals surface area contributed by atoms with E-state index in [0.717, 1.165) is 12.8 Å². The standard InChI is InChI=1S/C23H29N3O5/c1-4-7-12-31-23-24-15-26(19-11-9-17(30-6-3)14-21(19)28)22(25-23)18-10-8-16(29-5-2)13-20(18)27/h8-11,13-15,22,27-28H,4-7,12H2,1-3H3. The van der Waals surface area contributed by atoms with E-state index in [0.29, 0.717) is 42.6 Å². The Bertz CT molecular complexity index is 945. The average Bonchev–Trinajstić information content (AvgIpc) is 2.75. The fourth-order valence-electron chi connectivity index (χ4n) is 3.15. The van der Waals surface area contributed by atoms with Crippen molar-refractivity contribution < 1.29 is 24.4 Å². The van der Waals surface area contributed by atoms with Crippen molar-refractivity contribution in [3.63, 3.8) is 0 Å². The molecule has 1 aliphatic rings. The Morgan fingerprint density at radius 1 is 0.903 bits per heavy atom. The normalized spacial score (nSPS) is 15.5. The molecule has 2 aromatic rings. The van der Waals surface area contributed by atoms with Crippen LogP contribution >= 0.6 is 0 Å². The first-order valence-corrected chi connectivity index (χ1v) is 10.5. The molecule has 8 heteroatoms. The molecule has 1 heterocycles. The van der Waals surface area contributed by atoms with Crippen LogP contribution in [0.5, 0.6) is 23.0 Å². The molecule has 0 spiro atoms. The van der Waals surface area contributed by atoms with Crippen LogP contribution < -0.4 is 14.4 Å². The van der Waals surface area contributed by atoms with Crippen LogP contribution in [-0.4, -0.2) is 42.4 Å². The highest BCUT2D eigenvalue weighted by molar-refractivity contribution is 5.94. The number of hydrogen-bond acceptors (Lipinski definition) is 8. The molecule has 1 atom stereocenters. The lowest BCUT2D eigenvalue weighted by Gasteiger charge is -2.31. The molecule has 166 valence electrons. The Balaban J connectivity index is 1.97. The highest BCUT2D eigenvalue weighted by atomic mass is 16.5. The molecule has 2 N–H and O–H groups in total. The van der Waals surface area contributed by atoms with Gasteiger partial charge in [0.25, 0.3) is 0 Å². The van der Waals surface area contributed by atoms with Crippen LogP contribution in [0.2, 0.25) is 0 Å². The van der Waals surface area contributed by atoms with Gasteiger partial charge in [0.2, 0.25) is 0 Å². The second-order valence-corrected chi connectivity index (χ2v) is 6.88. The van der Waals surface area contributed by atoms with Crippen molar-refractivity contribution >= 4 is 18.0 Å². The predicted octanol–water partition coefficient (Wildman–Crippen LogP) is 4.62. The molecule has 31 heavy (non-hydrogen) atoms. The number of amidine groups is 1. The summed E-state index contributed by atoms with van der Waals surface area (Å²) in [5.74, 6) is 1.16. The molecule has 8 nitrogen and oxygen atoms in total. The zero-order valence-corrected chi connectivity index (χ0v) is 18.1. The van der Waals surface area contributed by atoms with E-state index >= 15 is 0 Å². The third kappa shape index (κ3) is 5.39. The number of phenols is 2. The summed E-state index contributed by atoms with van der Waals surface area (Å²) in [6.45, 7) is 7.32. The minimum atomic E-state index is -0.686. The Labute approximate surface area is 182 Å². The Kier molecular flexibility index (Phi) is 7.59. The number of hydrogen-bond donors (Lipinski definition) is 2. The molecule has 0 radical (unpaired) electrons. The maximum atomic E-state index is 10.7. The number of benzene rings is 2. The summed E-state index contributed by atoms with van der Waals surface area (Å²) in [5.41, 5.74) is 1.00. The summed E-state index contributed by atoms with van der Waals surface area (Å²) in [4.78, 5) is 10.6. The number of aromatic hydroxyl groups is 2. The third-order valence-corrected chi connectivity index (χ3v) is 4.64. The van der Waals surface area contributed by atoms with Crippen LogP contribution in [0.4, 0.5) is 5.69 Å². The zero-order chi connectivity index (χ0) is 22.2. The van der Waals surface area contributed by atoms with E-state index in [1.807, 2.05) is 13.8 Å². The van der Waals surface area contributed by atoms with E-state index in [2.05, 4.69) is 16.9 Å². The van der Waals surface area contributed by atoms with Crippen molar-refractivity contribution in [3.8, 4) is 23.0 Å². The van der Waals surface area contributed by atoms with Crippen LogP contribution in [0.1, 0.15) is 45.3 Å². The maximum absolute atomic E-state index is 10.7. The van der Waals surface area contributed by atoms with Crippen LogP contribution in [0.15, 0.2) is 46.4 Å². The monoisotopic (exact) mass is 427 g/mol. The fourth-order valence-corrected chi connectivity index (χ4v) is 3.15. The topological polar surface area (TPSA) is 96.1 Å². The van der Waals surface area contributed by atoms with Gasteiger partial charge in [0, 0.05) is 17.7 Å². The second kappa shape index (κ2) is 10.6. The van der Waals surface area contributed by atoms with Gasteiger partial charge >= 0.3 is 6.02 Å². The first-order valence-electron chi connectivity index (χ1n) is 10.5. The van der Waals surface area contributed by atoms with Gasteiger partial charge in [-0.1, -0.05) is 13.3 Å². The molecule has 1 unspecified atom stereocenters. The second-order valence-electron chi connectivity index (χ2n) is 6.88. The molecular weight excluding hydrogens is 398 g/mol. The lowest BCUT2D eigenvalue weighted by Crippen LogP contribution is -2.31. The lowest BCUT2D eigenvalue weighted by atomic mass is 10.1. The number of anilines is 1. The Morgan fingerprint density at radius 3 is 2.19 bits per heavy atom. The van der Waals surface area contributed by atoms with Gasteiger partial charge < -0.3 is 29.3 Å². The first-order chi connectivity index (χ1) is 15.1. The largest absolute Gasteiger partial charge is 0.507 e. The van der Waals surface area contributed by atoms with Crippen LogP contribution in [0.25, 0.3) is 0 Å². The van der Waals surface area contributed by atoms with Crippen molar-refractivity contribution in [1.82, 2.24) is 0 Å². The van der Waals surface area contributed by atoms with E-state index in [1.165, 1.54) is 0 Å². The minimum absolute atomic E-state index is 0.0124. The van der Waals surface area contributed by atoms with E-state index in [1.54, 1.807) is 47.6 Å². The SMILES string of the molecule is CCCCOC1=NC(c2ccc(OCC)cc2O)N(c2ccc(OCC)cc2O)C=N1. The molecular formula is C23H29N3O5. The van der Waals surface area contributed by atoms with Gasteiger partial charge in [-0.2, -0.15) is 4.99 Å². The smallest absolute Gasteiger partial charge is 0.315 e. The lowest BCUT2D eigenvalue weighted by molar-refractivity contribution is 0.288. The van der Waals surface area contributed by atoms with Crippen molar-refractivity contribution in [1.29, 1.82) is 0 Å². The first kappa shape index (κ1) is 22.3. The molecule has 0 saturated carbocycles. The van der Waals surface area contributed by atoms with Gasteiger partial charge in [-0.25, -0.2) is 4.99 Å². The van der Waals surface area contributed by atoms with Gasteiger partial charge in [-0.15, -0.1) is 0 Å². The van der Waals surface area contributed by atoms with Crippen molar-refractivity contribution in [2.24, 2.45) is 9.98 Å². The molecule has 0 amide bonds. The van der Waals surface area contributed by atoms with E-state index in [4.69, 9.17) is 14.2 Å². The summed E-state index contributed by atoms with van der Waals surface area (Å²) in [7, 11) is 0. The van der Waals surface area contributed by atoms with E-state index in [-0.39, 0.29) is 17.5 Å². The van der Waals surface area contributed by atoms with Crippen LogP contribution in [-0.2, 0) is 4.74 Å². The number of nitrogens with zero attached hydrogens (tertiary/aromatic N) is 3. The maximum Gasteiger partial charge on any atom is 0.315 e. The number of unbranched alkanes of at least 4 members (excludes halogenated alkanes) is 1. The van der Waals surface area contributed by atoms with Gasteiger partial charge in [0.1, 0.15) is 29.3 Å². The molecule has 0 aromatic heterocycles. The highest BCUT2D eigenvalue weighted by Crippen LogP contribution is 2.40. The molecule has 0 saturated heterocycles. The van der Waals surface area contributed by atoms with Gasteiger partial charge in [0.05, 0.1) is 25.5 Å². The summed E-state index contributed by atoms with van der Waals surface area (Å²) < 4.78 is 16.6. The summed E-state index contributed by atoms with van der Waals surface area (Å²) in [6, 6.07) is 10.3. The van der Waals surface area contributed by atoms with Crippen molar-refractivity contribution in [2.75, 3.05) is 24.7 Å². The summed E-state index contributed by atoms with van der Waals surface area (Å²) in [6.07, 6.45) is 2.74. The molecule has 0 bridgehead atoms. The third-order valence-electron chi connectivity index (χ3n) is 4.64. The minimum Gasteiger partial charge on any atom is -0.507 e. The zero-order valence-electron chi connectivity index (χ0n) is 18.1. The molecule has 1 aliphatic heterocycles. The number of ether oxygens (including phenoxy) is 3. The molecule has 2 aromatic carbocycles. The van der Waals surface area contributed by atoms with E-state index in [9.17, 15) is 10.2 Å². The van der Waals surface area contributed by atoms with Crippen LogP contribution in [0.3, 0.4) is 0 Å². The quantitative estimate of drug-likeness (QED) is 0.567. The van der Waals surface area contributed by atoms with Crippen molar-refractivity contribution in [2.45, 2.75) is 39.8 Å². The molecule has 0 fully saturated rings. The number of phenolic OH excluding ortho intramolecular Hbond substituents is 2. The molecule has 0 aliphatic carbocycles. The Morgan fingerprint density at radius 2 is 1.58 bits per heavy atom. The van der Waals surface area contributed by atoms with Crippen LogP contribution in [0, 0.1) is 0 Å².